The van der Waals surface area contributed by atoms with Gasteiger partial charge in [-0.3, -0.25) is 14.6 Å². The smallest absolute Gasteiger partial charge is 0.407 e. The first-order valence-corrected chi connectivity index (χ1v) is 18.2. The SMILES string of the molecule is COC(=O)N[C@H](C(=O)N1CCCC1[C@@H]1CN=C(c2nc3sc(-c4cnc([C@@H]5CCCN5C(=O)[C@@H](NC(=O)O)C(C)C)[nH]4)nc3s2)N1)C(C)C. The molecule has 0 spiro atoms. The van der Waals surface area contributed by atoms with Crippen LogP contribution in [0.15, 0.2) is 11.2 Å². The van der Waals surface area contributed by atoms with E-state index in [4.69, 9.17) is 19.7 Å². The molecular weight excluding hydrogens is 673 g/mol. The Morgan fingerprint density at radius 1 is 0.939 bits per heavy atom. The summed E-state index contributed by atoms with van der Waals surface area (Å²) in [7, 11) is 1.29. The third kappa shape index (κ3) is 7.06. The highest BCUT2D eigenvalue weighted by Crippen LogP contribution is 2.36. The summed E-state index contributed by atoms with van der Waals surface area (Å²) in [6, 6.07) is -1.93. The first-order valence-electron chi connectivity index (χ1n) is 16.5. The zero-order valence-corrected chi connectivity index (χ0v) is 29.7. The Labute approximate surface area is 291 Å². The van der Waals surface area contributed by atoms with Crippen LogP contribution in [0.1, 0.15) is 70.3 Å². The van der Waals surface area contributed by atoms with E-state index in [9.17, 15) is 24.3 Å². The summed E-state index contributed by atoms with van der Waals surface area (Å²) in [5.74, 6) is 0.654. The lowest BCUT2D eigenvalue weighted by Crippen LogP contribution is -2.56. The summed E-state index contributed by atoms with van der Waals surface area (Å²) in [5, 5.41) is 19.3. The number of rotatable bonds is 10. The summed E-state index contributed by atoms with van der Waals surface area (Å²) in [6.45, 7) is 9.09. The summed E-state index contributed by atoms with van der Waals surface area (Å²) < 4.78 is 4.74. The van der Waals surface area contributed by atoms with E-state index in [-0.39, 0.29) is 41.8 Å². The zero-order valence-electron chi connectivity index (χ0n) is 28.1. The minimum Gasteiger partial charge on any atom is -0.465 e. The van der Waals surface area contributed by atoms with E-state index in [0.29, 0.717) is 31.3 Å². The van der Waals surface area contributed by atoms with Crippen molar-refractivity contribution in [3.63, 3.8) is 0 Å². The Balaban J connectivity index is 1.11. The molecule has 1 unspecified atom stereocenters. The van der Waals surface area contributed by atoms with E-state index in [1.807, 2.05) is 32.6 Å². The molecule has 3 aromatic rings. The fourth-order valence-electron chi connectivity index (χ4n) is 6.78. The number of amidine groups is 1. The summed E-state index contributed by atoms with van der Waals surface area (Å²) >= 11 is 2.87. The molecule has 3 aliphatic heterocycles. The minimum absolute atomic E-state index is 0.0643. The molecule has 0 radical (unpaired) electrons. The number of hydrogen-bond acceptors (Lipinski definition) is 12. The molecule has 49 heavy (non-hydrogen) atoms. The lowest BCUT2D eigenvalue weighted by Gasteiger charge is -2.33. The number of carbonyl (C=O) groups excluding carboxylic acids is 3. The maximum Gasteiger partial charge on any atom is 0.407 e. The molecule has 264 valence electrons. The van der Waals surface area contributed by atoms with Gasteiger partial charge in [-0.1, -0.05) is 50.4 Å². The molecule has 2 saturated heterocycles. The highest BCUT2D eigenvalue weighted by Gasteiger charge is 2.41. The second kappa shape index (κ2) is 14.3. The van der Waals surface area contributed by atoms with Crippen molar-refractivity contribution >= 4 is 62.2 Å². The molecule has 3 aromatic heterocycles. The molecule has 16 nitrogen and oxygen atoms in total. The van der Waals surface area contributed by atoms with Crippen molar-refractivity contribution in [2.24, 2.45) is 16.8 Å². The van der Waals surface area contributed by atoms with Crippen LogP contribution in [0.2, 0.25) is 0 Å². The first-order chi connectivity index (χ1) is 23.4. The molecule has 0 aromatic carbocycles. The molecule has 5 N–H and O–H groups in total. The van der Waals surface area contributed by atoms with Crippen LogP contribution in [0, 0.1) is 11.8 Å². The van der Waals surface area contributed by atoms with Crippen molar-refractivity contribution < 1.29 is 29.0 Å². The standard InChI is InChI=1S/C31H42N10O6S2/c1-14(2)20(36-30(44)45)28(42)41-11-7-9-19(41)22-32-13-17(35-22)24-38-26-27(48-24)39-25(49-26)23-33-12-16(34-23)18-8-6-10-40(18)29(43)21(15(3)4)37-31(46)47-5/h13-16,18-21,36H,6-12H2,1-5H3,(H,32,35)(H,33,34)(H,37,46)(H,44,45)/t16-,18?,19-,20-,21-/m0/s1. The Morgan fingerprint density at radius 2 is 1.57 bits per heavy atom. The van der Waals surface area contributed by atoms with Crippen molar-refractivity contribution in [3.8, 4) is 10.7 Å². The summed E-state index contributed by atoms with van der Waals surface area (Å²) in [6.07, 6.45) is 3.09. The van der Waals surface area contributed by atoms with E-state index < -0.39 is 24.3 Å². The Morgan fingerprint density at radius 3 is 2.27 bits per heavy atom. The monoisotopic (exact) mass is 714 g/mol. The molecule has 0 bridgehead atoms. The Hall–Kier alpha value is -4.32. The van der Waals surface area contributed by atoms with Gasteiger partial charge in [0.25, 0.3) is 0 Å². The number of imidazole rings is 1. The number of aliphatic imine (C=N–C) groups is 1. The van der Waals surface area contributed by atoms with Gasteiger partial charge >= 0.3 is 12.2 Å². The molecule has 18 heteroatoms. The van der Waals surface area contributed by atoms with Gasteiger partial charge in [0.2, 0.25) is 11.8 Å². The number of aromatic nitrogens is 4. The Bertz CT molecular complexity index is 1720. The first kappa shape index (κ1) is 34.5. The fraction of sp³-hybridized carbons (Fsp3) is 0.613. The van der Waals surface area contributed by atoms with Crippen molar-refractivity contribution in [2.45, 2.75) is 83.6 Å². The number of carbonyl (C=O) groups is 4. The van der Waals surface area contributed by atoms with E-state index in [1.165, 1.54) is 29.8 Å². The average molecular weight is 715 g/mol. The van der Waals surface area contributed by atoms with Crippen LogP contribution in [0.4, 0.5) is 9.59 Å². The number of methoxy groups -OCH3 is 1. The number of carboxylic acid groups (broad SMARTS) is 1. The van der Waals surface area contributed by atoms with E-state index >= 15 is 0 Å². The summed E-state index contributed by atoms with van der Waals surface area (Å²) in [5.41, 5.74) is 0.721. The number of ether oxygens (including phenoxy) is 1. The van der Waals surface area contributed by atoms with Gasteiger partial charge in [0.1, 0.15) is 22.9 Å². The quantitative estimate of drug-likeness (QED) is 0.207. The van der Waals surface area contributed by atoms with Crippen LogP contribution in [-0.4, -0.2) is 116 Å². The van der Waals surface area contributed by atoms with Crippen LogP contribution in [0.5, 0.6) is 0 Å². The van der Waals surface area contributed by atoms with Crippen LogP contribution in [0.3, 0.4) is 0 Å². The third-order valence-electron chi connectivity index (χ3n) is 9.27. The van der Waals surface area contributed by atoms with Crippen LogP contribution < -0.4 is 16.0 Å². The molecule has 6 rings (SSSR count). The second-order valence-electron chi connectivity index (χ2n) is 13.2. The lowest BCUT2D eigenvalue weighted by molar-refractivity contribution is -0.136. The number of H-pyrrole nitrogens is 1. The molecule has 3 aliphatic rings. The van der Waals surface area contributed by atoms with Crippen LogP contribution >= 0.6 is 22.7 Å². The molecule has 4 amide bonds. The van der Waals surface area contributed by atoms with Gasteiger partial charge < -0.3 is 40.6 Å². The molecule has 2 fully saturated rings. The maximum atomic E-state index is 13.5. The number of likely N-dealkylation sites (tertiary alicyclic amines) is 2. The number of alkyl carbamates (subject to hydrolysis) is 1. The molecule has 0 aliphatic carbocycles. The van der Waals surface area contributed by atoms with Crippen LogP contribution in [-0.2, 0) is 14.3 Å². The zero-order chi connectivity index (χ0) is 35.0. The number of hydrogen-bond donors (Lipinski definition) is 5. The number of thiazole rings is 2. The van der Waals surface area contributed by atoms with E-state index in [2.05, 4.69) is 25.9 Å². The molecule has 6 heterocycles. The predicted octanol–water partition coefficient (Wildman–Crippen LogP) is 3.19. The number of nitrogens with zero attached hydrogens (tertiary/aromatic N) is 6. The summed E-state index contributed by atoms with van der Waals surface area (Å²) in [4.78, 5) is 77.5. The Kier molecular flexibility index (Phi) is 10.1. The van der Waals surface area contributed by atoms with Crippen molar-refractivity contribution in [1.29, 1.82) is 0 Å². The van der Waals surface area contributed by atoms with Gasteiger partial charge in [-0.25, -0.2) is 24.5 Å². The fourth-order valence-corrected chi connectivity index (χ4v) is 8.76. The van der Waals surface area contributed by atoms with Gasteiger partial charge in [-0.2, -0.15) is 0 Å². The average Bonchev–Trinajstić information content (AvgIpc) is 3.89. The van der Waals surface area contributed by atoms with Gasteiger partial charge in [0.05, 0.1) is 43.7 Å². The number of nitrogens with one attached hydrogen (secondary N) is 4. The van der Waals surface area contributed by atoms with Gasteiger partial charge in [-0.05, 0) is 37.5 Å². The van der Waals surface area contributed by atoms with Crippen LogP contribution in [0.25, 0.3) is 20.4 Å². The van der Waals surface area contributed by atoms with E-state index in [1.54, 1.807) is 11.1 Å². The van der Waals surface area contributed by atoms with Gasteiger partial charge in [-0.15, -0.1) is 0 Å². The minimum atomic E-state index is -1.22. The highest BCUT2D eigenvalue weighted by atomic mass is 32.1. The van der Waals surface area contributed by atoms with Crippen molar-refractivity contribution in [2.75, 3.05) is 26.7 Å². The molecular formula is C31H42N10O6S2. The normalized spacial score (nSPS) is 22.0. The van der Waals surface area contributed by atoms with Crippen molar-refractivity contribution in [1.82, 2.24) is 45.7 Å². The molecule has 0 saturated carbocycles. The topological polar surface area (TPSA) is 207 Å². The second-order valence-corrected chi connectivity index (χ2v) is 15.2. The predicted molar refractivity (Wildman–Crippen MR) is 184 cm³/mol. The number of aromatic amines is 1. The highest BCUT2D eigenvalue weighted by molar-refractivity contribution is 7.28. The lowest BCUT2D eigenvalue weighted by atomic mass is 10.0. The molecule has 5 atom stereocenters. The maximum absolute atomic E-state index is 13.5. The van der Waals surface area contributed by atoms with Crippen molar-refractivity contribution in [3.05, 3.63) is 17.0 Å². The van der Waals surface area contributed by atoms with E-state index in [0.717, 1.165) is 51.1 Å². The number of amides is 4. The largest absolute Gasteiger partial charge is 0.465 e. The third-order valence-corrected chi connectivity index (χ3v) is 11.3. The number of fused-ring (bicyclic) bond motifs is 1. The van der Waals surface area contributed by atoms with Gasteiger partial charge in [0.15, 0.2) is 20.5 Å². The van der Waals surface area contributed by atoms with Gasteiger partial charge in [0, 0.05) is 13.1 Å².